The second kappa shape index (κ2) is 9.29. The lowest BCUT2D eigenvalue weighted by molar-refractivity contribution is -0.120. The summed E-state index contributed by atoms with van der Waals surface area (Å²) in [6.45, 7) is 1.06. The van der Waals surface area contributed by atoms with Gasteiger partial charge < -0.3 is 10.1 Å². The van der Waals surface area contributed by atoms with Crippen LogP contribution in [-0.4, -0.2) is 31.2 Å². The number of methoxy groups -OCH3 is 1. The van der Waals surface area contributed by atoms with E-state index in [2.05, 4.69) is 38.4 Å². The van der Waals surface area contributed by atoms with E-state index in [1.165, 1.54) is 5.56 Å². The number of carbonyl (C=O) groups excluding carboxylic acids is 1. The number of benzene rings is 1. The number of hydrogen-bond acceptors (Lipinski definition) is 5. The van der Waals surface area contributed by atoms with Crippen LogP contribution in [0.15, 0.2) is 38.5 Å². The molecule has 1 N–H and O–H groups in total. The molecule has 118 valence electrons. The molecule has 1 aromatic carbocycles. The highest BCUT2D eigenvalue weighted by atomic mass is 79.9. The number of halogens is 1. The summed E-state index contributed by atoms with van der Waals surface area (Å²) in [7, 11) is 1.61. The van der Waals surface area contributed by atoms with Gasteiger partial charge in [0.15, 0.2) is 0 Å². The van der Waals surface area contributed by atoms with E-state index >= 15 is 0 Å². The lowest BCUT2D eigenvalue weighted by Crippen LogP contribution is -2.28. The molecule has 22 heavy (non-hydrogen) atoms. The minimum Gasteiger partial charge on any atom is -0.383 e. The summed E-state index contributed by atoms with van der Waals surface area (Å²) in [6.07, 6.45) is 0.319. The molecule has 0 radical (unpaired) electrons. The molecule has 2 rings (SSSR count). The smallest absolute Gasteiger partial charge is 0.226 e. The highest BCUT2D eigenvalue weighted by Crippen LogP contribution is 2.26. The molecule has 0 unspecified atom stereocenters. The lowest BCUT2D eigenvalue weighted by atomic mass is 10.2. The Morgan fingerprint density at radius 2 is 2.18 bits per heavy atom. The van der Waals surface area contributed by atoms with Gasteiger partial charge in [-0.25, -0.2) is 4.98 Å². The summed E-state index contributed by atoms with van der Waals surface area (Å²) in [4.78, 5) is 16.2. The number of rotatable bonds is 8. The van der Waals surface area contributed by atoms with Crippen LogP contribution in [0, 0.1) is 0 Å². The largest absolute Gasteiger partial charge is 0.383 e. The Morgan fingerprint density at radius 1 is 1.41 bits per heavy atom. The zero-order valence-corrected chi connectivity index (χ0v) is 15.4. The highest BCUT2D eigenvalue weighted by Gasteiger charge is 2.08. The van der Waals surface area contributed by atoms with Gasteiger partial charge >= 0.3 is 0 Å². The van der Waals surface area contributed by atoms with Crippen molar-refractivity contribution in [2.75, 3.05) is 20.3 Å². The summed E-state index contributed by atoms with van der Waals surface area (Å²) in [6, 6.07) is 8.25. The van der Waals surface area contributed by atoms with E-state index in [1.807, 2.05) is 17.5 Å². The number of nitrogens with one attached hydrogen (secondary N) is 1. The van der Waals surface area contributed by atoms with Crippen LogP contribution in [-0.2, 0) is 21.7 Å². The van der Waals surface area contributed by atoms with Gasteiger partial charge in [-0.2, -0.15) is 0 Å². The normalized spacial score (nSPS) is 10.6. The summed E-state index contributed by atoms with van der Waals surface area (Å²) in [5.74, 6) is 0.854. The molecule has 0 aliphatic carbocycles. The van der Waals surface area contributed by atoms with Gasteiger partial charge in [-0.3, -0.25) is 4.79 Å². The number of ether oxygens (including phenoxy) is 1. The average Bonchev–Trinajstić information content (AvgIpc) is 2.94. The van der Waals surface area contributed by atoms with E-state index in [0.29, 0.717) is 19.6 Å². The minimum atomic E-state index is -0.0215. The predicted octanol–water partition coefficient (Wildman–Crippen LogP) is 3.50. The van der Waals surface area contributed by atoms with Gasteiger partial charge in [-0.05, 0) is 17.7 Å². The molecule has 1 aromatic heterocycles. The molecule has 1 amide bonds. The van der Waals surface area contributed by atoms with Crippen molar-refractivity contribution in [2.45, 2.75) is 16.5 Å². The van der Waals surface area contributed by atoms with E-state index in [1.54, 1.807) is 30.2 Å². The molecule has 0 spiro atoms. The number of nitrogens with zero attached hydrogens (tertiary/aromatic N) is 1. The van der Waals surface area contributed by atoms with Crippen molar-refractivity contribution in [3.8, 4) is 0 Å². The van der Waals surface area contributed by atoms with Crippen molar-refractivity contribution >= 4 is 44.9 Å². The van der Waals surface area contributed by atoms with Crippen LogP contribution in [0.5, 0.6) is 0 Å². The average molecular weight is 401 g/mol. The van der Waals surface area contributed by atoms with Crippen LogP contribution in [0.3, 0.4) is 0 Å². The van der Waals surface area contributed by atoms with Gasteiger partial charge in [-0.1, -0.05) is 39.8 Å². The Kier molecular flexibility index (Phi) is 7.38. The molecule has 0 aliphatic heterocycles. The first-order valence-corrected chi connectivity index (χ1v) is 9.40. The second-order valence-electron chi connectivity index (χ2n) is 4.54. The van der Waals surface area contributed by atoms with Crippen LogP contribution >= 0.6 is 39.0 Å². The zero-order valence-electron chi connectivity index (χ0n) is 12.2. The first-order valence-electron chi connectivity index (χ1n) is 6.74. The van der Waals surface area contributed by atoms with Gasteiger partial charge in [0.25, 0.3) is 0 Å². The standard InChI is InChI=1S/C15H17BrN2O2S2/c1-20-7-6-17-14(19)8-13-10-22-15(18-13)21-9-11-2-4-12(16)5-3-11/h2-5,10H,6-9H2,1H3,(H,17,19). The van der Waals surface area contributed by atoms with Crippen LogP contribution in [0.2, 0.25) is 0 Å². The number of carbonyl (C=O) groups is 1. The van der Waals surface area contributed by atoms with E-state index in [0.717, 1.165) is 20.3 Å². The minimum absolute atomic E-state index is 0.0215. The lowest BCUT2D eigenvalue weighted by Gasteiger charge is -2.02. The molecule has 7 heteroatoms. The fourth-order valence-corrected chi connectivity index (χ4v) is 3.75. The second-order valence-corrected chi connectivity index (χ2v) is 7.54. The molecule has 0 saturated heterocycles. The third-order valence-corrected chi connectivity index (χ3v) is 5.45. The van der Waals surface area contributed by atoms with Crippen LogP contribution in [0.25, 0.3) is 0 Å². The SMILES string of the molecule is COCCNC(=O)Cc1csc(SCc2ccc(Br)cc2)n1. The summed E-state index contributed by atoms with van der Waals surface area (Å²) >= 11 is 6.70. The van der Waals surface area contributed by atoms with Crippen molar-refractivity contribution in [2.24, 2.45) is 0 Å². The molecule has 0 fully saturated rings. The topological polar surface area (TPSA) is 51.2 Å². The number of amides is 1. The van der Waals surface area contributed by atoms with Gasteiger partial charge in [-0.15, -0.1) is 11.3 Å². The molecule has 0 aliphatic rings. The Labute approximate surface area is 146 Å². The van der Waals surface area contributed by atoms with Gasteiger partial charge in [0.05, 0.1) is 18.7 Å². The Morgan fingerprint density at radius 3 is 2.91 bits per heavy atom. The molecule has 0 atom stereocenters. The Bertz CT molecular complexity index is 602. The fourth-order valence-electron chi connectivity index (χ4n) is 1.68. The summed E-state index contributed by atoms with van der Waals surface area (Å²) in [5, 5.41) is 4.74. The predicted molar refractivity (Wildman–Crippen MR) is 94.4 cm³/mol. The summed E-state index contributed by atoms with van der Waals surface area (Å²) in [5.41, 5.74) is 2.07. The maximum Gasteiger partial charge on any atom is 0.226 e. The molecule has 2 aromatic rings. The number of thiazole rings is 1. The van der Waals surface area contributed by atoms with Crippen molar-refractivity contribution in [3.05, 3.63) is 45.4 Å². The Hall–Kier alpha value is -0.890. The number of hydrogen-bond donors (Lipinski definition) is 1. The maximum absolute atomic E-state index is 11.7. The van der Waals surface area contributed by atoms with Gasteiger partial charge in [0.2, 0.25) is 5.91 Å². The van der Waals surface area contributed by atoms with Crippen molar-refractivity contribution in [1.82, 2.24) is 10.3 Å². The molecular formula is C15H17BrN2O2S2. The molecule has 1 heterocycles. The van der Waals surface area contributed by atoms with Crippen molar-refractivity contribution < 1.29 is 9.53 Å². The number of aromatic nitrogens is 1. The zero-order chi connectivity index (χ0) is 15.8. The Balaban J connectivity index is 1.78. The molecule has 4 nitrogen and oxygen atoms in total. The van der Waals surface area contributed by atoms with Gasteiger partial charge in [0.1, 0.15) is 4.34 Å². The molecular weight excluding hydrogens is 384 g/mol. The third-order valence-electron chi connectivity index (χ3n) is 2.78. The van der Waals surface area contributed by atoms with Crippen LogP contribution < -0.4 is 5.32 Å². The summed E-state index contributed by atoms with van der Waals surface area (Å²) < 4.78 is 6.96. The van der Waals surface area contributed by atoms with E-state index in [-0.39, 0.29) is 5.91 Å². The number of thioether (sulfide) groups is 1. The van der Waals surface area contributed by atoms with Crippen molar-refractivity contribution in [1.29, 1.82) is 0 Å². The van der Waals surface area contributed by atoms with Gasteiger partial charge in [0, 0.05) is 29.3 Å². The third kappa shape index (κ3) is 6.08. The maximum atomic E-state index is 11.7. The first kappa shape index (κ1) is 17.5. The molecule has 0 bridgehead atoms. The van der Waals surface area contributed by atoms with E-state index in [4.69, 9.17) is 4.74 Å². The highest BCUT2D eigenvalue weighted by molar-refractivity contribution is 9.10. The van der Waals surface area contributed by atoms with E-state index < -0.39 is 0 Å². The monoisotopic (exact) mass is 400 g/mol. The first-order chi connectivity index (χ1) is 10.7. The molecule has 0 saturated carbocycles. The van der Waals surface area contributed by atoms with Crippen LogP contribution in [0.1, 0.15) is 11.3 Å². The van der Waals surface area contributed by atoms with Crippen LogP contribution in [0.4, 0.5) is 0 Å². The van der Waals surface area contributed by atoms with Crippen molar-refractivity contribution in [3.63, 3.8) is 0 Å². The quantitative estimate of drug-likeness (QED) is 0.544. The van der Waals surface area contributed by atoms with E-state index in [9.17, 15) is 4.79 Å². The fraction of sp³-hybridized carbons (Fsp3) is 0.333.